The van der Waals surface area contributed by atoms with Crippen LogP contribution in [0, 0.1) is 6.92 Å². The Balaban J connectivity index is 1.47. The molecule has 2 amide bonds. The number of hydrogen-bond donors (Lipinski definition) is 2. The van der Waals surface area contributed by atoms with Gasteiger partial charge in [0, 0.05) is 17.8 Å². The van der Waals surface area contributed by atoms with E-state index in [0.717, 1.165) is 11.1 Å². The van der Waals surface area contributed by atoms with Crippen molar-refractivity contribution >= 4 is 23.2 Å². The van der Waals surface area contributed by atoms with E-state index in [-0.39, 0.29) is 11.8 Å². The summed E-state index contributed by atoms with van der Waals surface area (Å²) in [5, 5.41) is 5.70. The van der Waals surface area contributed by atoms with Gasteiger partial charge in [0.1, 0.15) is 5.75 Å². The van der Waals surface area contributed by atoms with Crippen molar-refractivity contribution in [1.29, 1.82) is 0 Å². The van der Waals surface area contributed by atoms with Crippen LogP contribution in [0.4, 0.5) is 11.4 Å². The summed E-state index contributed by atoms with van der Waals surface area (Å²) in [5.74, 6) is 0.373. The van der Waals surface area contributed by atoms with Crippen LogP contribution in [0.25, 0.3) is 0 Å². The lowest BCUT2D eigenvalue weighted by atomic mass is 10.1. The molecule has 1 atom stereocenters. The maximum Gasteiger partial charge on any atom is 0.265 e. The zero-order valence-corrected chi connectivity index (χ0v) is 17.2. The van der Waals surface area contributed by atoms with Gasteiger partial charge in [-0.2, -0.15) is 0 Å². The Bertz CT molecular complexity index is 985. The van der Waals surface area contributed by atoms with Crippen LogP contribution in [0.2, 0.25) is 0 Å². The van der Waals surface area contributed by atoms with Gasteiger partial charge in [-0.25, -0.2) is 0 Å². The van der Waals surface area contributed by atoms with Gasteiger partial charge < -0.3 is 15.4 Å². The van der Waals surface area contributed by atoms with Gasteiger partial charge in [0.2, 0.25) is 5.91 Å². The van der Waals surface area contributed by atoms with Crippen molar-refractivity contribution in [3.8, 4) is 5.75 Å². The van der Waals surface area contributed by atoms with Crippen LogP contribution in [0.3, 0.4) is 0 Å². The Labute approximate surface area is 177 Å². The largest absolute Gasteiger partial charge is 0.481 e. The van der Waals surface area contributed by atoms with E-state index < -0.39 is 6.10 Å². The molecule has 2 N–H and O–H groups in total. The Morgan fingerprint density at radius 2 is 1.53 bits per heavy atom. The van der Waals surface area contributed by atoms with Gasteiger partial charge in [-0.15, -0.1) is 0 Å². The molecule has 0 fully saturated rings. The maximum atomic E-state index is 12.4. The van der Waals surface area contributed by atoms with Crippen LogP contribution in [-0.2, 0) is 16.0 Å². The van der Waals surface area contributed by atoms with E-state index in [1.54, 1.807) is 31.2 Å². The molecule has 0 saturated carbocycles. The SMILES string of the molecule is Cc1cccc(O[C@@H](C)C(=O)Nc2ccc(NC(=O)CCc3ccccc3)cc2)c1. The van der Waals surface area contributed by atoms with Crippen LogP contribution >= 0.6 is 0 Å². The summed E-state index contributed by atoms with van der Waals surface area (Å²) in [6.07, 6.45) is 0.472. The van der Waals surface area contributed by atoms with Crippen molar-refractivity contribution in [2.75, 3.05) is 10.6 Å². The summed E-state index contributed by atoms with van der Waals surface area (Å²) in [7, 11) is 0. The van der Waals surface area contributed by atoms with E-state index in [1.807, 2.05) is 61.5 Å². The zero-order valence-electron chi connectivity index (χ0n) is 17.2. The first-order chi connectivity index (χ1) is 14.5. The van der Waals surface area contributed by atoms with Crippen LogP contribution in [-0.4, -0.2) is 17.9 Å². The molecule has 0 aliphatic carbocycles. The average Bonchev–Trinajstić information content (AvgIpc) is 2.74. The highest BCUT2D eigenvalue weighted by Crippen LogP contribution is 2.17. The number of carbonyl (C=O) groups is 2. The van der Waals surface area contributed by atoms with E-state index in [2.05, 4.69) is 10.6 Å². The molecule has 0 aliphatic rings. The van der Waals surface area contributed by atoms with Crippen molar-refractivity contribution in [3.05, 3.63) is 90.0 Å². The Morgan fingerprint density at radius 3 is 2.20 bits per heavy atom. The highest BCUT2D eigenvalue weighted by molar-refractivity contribution is 5.95. The third-order valence-electron chi connectivity index (χ3n) is 4.59. The number of ether oxygens (including phenoxy) is 1. The lowest BCUT2D eigenvalue weighted by Gasteiger charge is -2.15. The molecule has 5 nitrogen and oxygen atoms in total. The second-order valence-electron chi connectivity index (χ2n) is 7.18. The van der Waals surface area contributed by atoms with Crippen molar-refractivity contribution in [2.45, 2.75) is 32.8 Å². The number of carbonyl (C=O) groups excluding carboxylic acids is 2. The lowest BCUT2D eigenvalue weighted by Crippen LogP contribution is -2.30. The normalized spacial score (nSPS) is 11.4. The van der Waals surface area contributed by atoms with Crippen LogP contribution in [0.1, 0.15) is 24.5 Å². The van der Waals surface area contributed by atoms with Crippen LogP contribution in [0.5, 0.6) is 5.75 Å². The summed E-state index contributed by atoms with van der Waals surface area (Å²) in [6.45, 7) is 3.68. The Morgan fingerprint density at radius 1 is 0.867 bits per heavy atom. The molecule has 3 aromatic carbocycles. The third-order valence-corrected chi connectivity index (χ3v) is 4.59. The molecular weight excluding hydrogens is 376 g/mol. The summed E-state index contributed by atoms with van der Waals surface area (Å²) in [6, 6.07) is 24.5. The summed E-state index contributed by atoms with van der Waals surface area (Å²) < 4.78 is 5.70. The minimum atomic E-state index is -0.635. The lowest BCUT2D eigenvalue weighted by molar-refractivity contribution is -0.122. The first kappa shape index (κ1) is 21.1. The van der Waals surface area contributed by atoms with E-state index in [0.29, 0.717) is 30.0 Å². The van der Waals surface area contributed by atoms with Gasteiger partial charge in [-0.1, -0.05) is 42.5 Å². The van der Waals surface area contributed by atoms with Gasteiger partial charge >= 0.3 is 0 Å². The number of hydrogen-bond acceptors (Lipinski definition) is 3. The van der Waals surface area contributed by atoms with Crippen LogP contribution < -0.4 is 15.4 Å². The van der Waals surface area contributed by atoms with E-state index in [4.69, 9.17) is 4.74 Å². The first-order valence-corrected chi connectivity index (χ1v) is 9.97. The highest BCUT2D eigenvalue weighted by Gasteiger charge is 2.15. The number of benzene rings is 3. The molecule has 0 aliphatic heterocycles. The van der Waals surface area contributed by atoms with E-state index in [9.17, 15) is 9.59 Å². The molecule has 0 aromatic heterocycles. The molecule has 5 heteroatoms. The molecule has 0 unspecified atom stereocenters. The maximum absolute atomic E-state index is 12.4. The highest BCUT2D eigenvalue weighted by atomic mass is 16.5. The molecule has 0 spiro atoms. The molecular formula is C25H26N2O3. The Hall–Kier alpha value is -3.60. The Kier molecular flexibility index (Phi) is 7.22. The van der Waals surface area contributed by atoms with Crippen molar-refractivity contribution in [1.82, 2.24) is 0 Å². The number of aryl methyl sites for hydroxylation is 2. The van der Waals surface area contributed by atoms with Crippen LogP contribution in [0.15, 0.2) is 78.9 Å². The minimum absolute atomic E-state index is 0.0455. The predicted molar refractivity (Wildman–Crippen MR) is 120 cm³/mol. The van der Waals surface area contributed by atoms with Gasteiger partial charge in [-0.3, -0.25) is 9.59 Å². The topological polar surface area (TPSA) is 67.4 Å². The number of amides is 2. The fraction of sp³-hybridized carbons (Fsp3) is 0.200. The molecule has 154 valence electrons. The molecule has 30 heavy (non-hydrogen) atoms. The molecule has 0 bridgehead atoms. The van der Waals surface area contributed by atoms with Crippen molar-refractivity contribution in [3.63, 3.8) is 0 Å². The van der Waals surface area contributed by atoms with Gasteiger partial charge in [0.05, 0.1) is 0 Å². The molecule has 0 saturated heterocycles. The molecule has 3 rings (SSSR count). The van der Waals surface area contributed by atoms with Crippen molar-refractivity contribution in [2.24, 2.45) is 0 Å². The van der Waals surface area contributed by atoms with Gasteiger partial charge in [0.15, 0.2) is 6.10 Å². The molecule has 3 aromatic rings. The quantitative estimate of drug-likeness (QED) is 0.559. The van der Waals surface area contributed by atoms with Gasteiger partial charge in [-0.05, 0) is 67.8 Å². The average molecular weight is 402 g/mol. The minimum Gasteiger partial charge on any atom is -0.481 e. The van der Waals surface area contributed by atoms with E-state index in [1.165, 1.54) is 0 Å². The molecule has 0 heterocycles. The van der Waals surface area contributed by atoms with Gasteiger partial charge in [0.25, 0.3) is 5.91 Å². The monoisotopic (exact) mass is 402 g/mol. The number of nitrogens with one attached hydrogen (secondary N) is 2. The predicted octanol–water partition coefficient (Wildman–Crippen LogP) is 4.97. The fourth-order valence-electron chi connectivity index (χ4n) is 2.95. The number of anilines is 2. The summed E-state index contributed by atoms with van der Waals surface area (Å²) >= 11 is 0. The first-order valence-electron chi connectivity index (χ1n) is 9.97. The second kappa shape index (κ2) is 10.3. The van der Waals surface area contributed by atoms with E-state index >= 15 is 0 Å². The summed E-state index contributed by atoms with van der Waals surface area (Å²) in [5.41, 5.74) is 3.53. The second-order valence-corrected chi connectivity index (χ2v) is 7.18. The molecule has 0 radical (unpaired) electrons. The smallest absolute Gasteiger partial charge is 0.265 e. The van der Waals surface area contributed by atoms with Crippen molar-refractivity contribution < 1.29 is 14.3 Å². The fourth-order valence-corrected chi connectivity index (χ4v) is 2.95. The summed E-state index contributed by atoms with van der Waals surface area (Å²) in [4.78, 5) is 24.5. The standard InChI is InChI=1S/C25H26N2O3/c1-18-7-6-10-23(17-18)30-19(2)25(29)27-22-14-12-21(13-15-22)26-24(28)16-11-20-8-4-3-5-9-20/h3-10,12-15,17,19H,11,16H2,1-2H3,(H,26,28)(H,27,29)/t19-/m0/s1. The number of rotatable bonds is 8. The third kappa shape index (κ3) is 6.48. The zero-order chi connectivity index (χ0) is 21.3.